The van der Waals surface area contributed by atoms with Crippen LogP contribution in [0, 0.1) is 20.8 Å². The van der Waals surface area contributed by atoms with Gasteiger partial charge in [0.25, 0.3) is 5.91 Å². The summed E-state index contributed by atoms with van der Waals surface area (Å²) in [5, 5.41) is 18.4. The van der Waals surface area contributed by atoms with Gasteiger partial charge in [0.2, 0.25) is 0 Å². The highest BCUT2D eigenvalue weighted by molar-refractivity contribution is 6.05. The summed E-state index contributed by atoms with van der Waals surface area (Å²) in [6.07, 6.45) is 1.62. The molecule has 0 fully saturated rings. The van der Waals surface area contributed by atoms with Gasteiger partial charge in [-0.15, -0.1) is 0 Å². The quantitative estimate of drug-likeness (QED) is 0.757. The fourth-order valence-electron chi connectivity index (χ4n) is 3.04. The minimum absolute atomic E-state index is 0.0643. The number of nitrogens with zero attached hydrogens (tertiary/aromatic N) is 3. The molecule has 0 aliphatic carbocycles. The number of carbonyl (C=O) groups excluding carboxylic acids is 1. The zero-order valence-electron chi connectivity index (χ0n) is 15.0. The number of hydrogen-bond acceptors (Lipinski definition) is 5. The van der Waals surface area contributed by atoms with Crippen molar-refractivity contribution >= 4 is 16.9 Å². The van der Waals surface area contributed by atoms with E-state index < -0.39 is 5.60 Å². The molecule has 0 saturated heterocycles. The minimum Gasteiger partial charge on any atom is -0.466 e. The van der Waals surface area contributed by atoms with Crippen LogP contribution in [-0.2, 0) is 12.6 Å². The van der Waals surface area contributed by atoms with E-state index in [0.29, 0.717) is 27.9 Å². The molecule has 3 aromatic heterocycles. The highest BCUT2D eigenvalue weighted by Gasteiger charge is 2.28. The van der Waals surface area contributed by atoms with Crippen molar-refractivity contribution in [1.29, 1.82) is 0 Å². The smallest absolute Gasteiger partial charge is 0.252 e. The van der Waals surface area contributed by atoms with Crippen molar-refractivity contribution in [1.82, 2.24) is 20.1 Å². The van der Waals surface area contributed by atoms with Gasteiger partial charge in [0.15, 0.2) is 5.65 Å². The van der Waals surface area contributed by atoms with E-state index in [2.05, 4.69) is 15.4 Å². The molecule has 132 valence electrons. The van der Waals surface area contributed by atoms with Crippen molar-refractivity contribution in [2.75, 3.05) is 6.54 Å². The second-order valence-corrected chi connectivity index (χ2v) is 6.60. The van der Waals surface area contributed by atoms with Gasteiger partial charge in [-0.1, -0.05) is 0 Å². The van der Waals surface area contributed by atoms with Gasteiger partial charge in [0, 0.05) is 18.3 Å². The highest BCUT2D eigenvalue weighted by atomic mass is 16.3. The van der Waals surface area contributed by atoms with Gasteiger partial charge < -0.3 is 14.8 Å². The Morgan fingerprint density at radius 2 is 2.08 bits per heavy atom. The molecule has 0 aliphatic rings. The van der Waals surface area contributed by atoms with Gasteiger partial charge in [-0.25, -0.2) is 4.98 Å². The van der Waals surface area contributed by atoms with Gasteiger partial charge in [0.05, 0.1) is 23.7 Å². The van der Waals surface area contributed by atoms with Crippen LogP contribution in [0.15, 0.2) is 22.7 Å². The van der Waals surface area contributed by atoms with Crippen LogP contribution in [0.2, 0.25) is 0 Å². The SMILES string of the molecule is Cc1cc(C(=O)NCC(C)(O)c2cc(C)oc2C)c2cnn(C)c2n1. The summed E-state index contributed by atoms with van der Waals surface area (Å²) >= 11 is 0. The molecule has 25 heavy (non-hydrogen) atoms. The average molecular weight is 342 g/mol. The van der Waals surface area contributed by atoms with Crippen LogP contribution < -0.4 is 5.32 Å². The van der Waals surface area contributed by atoms with E-state index in [1.807, 2.05) is 13.8 Å². The Labute approximate surface area is 145 Å². The Morgan fingerprint density at radius 1 is 1.36 bits per heavy atom. The van der Waals surface area contributed by atoms with Crippen molar-refractivity contribution in [3.8, 4) is 0 Å². The van der Waals surface area contributed by atoms with Crippen LogP contribution in [0.3, 0.4) is 0 Å². The first kappa shape index (κ1) is 17.2. The lowest BCUT2D eigenvalue weighted by Crippen LogP contribution is -2.38. The first-order chi connectivity index (χ1) is 11.7. The molecule has 0 aliphatic heterocycles. The third-order valence-electron chi connectivity index (χ3n) is 4.29. The standard InChI is InChI=1S/C18H22N4O3/c1-10-6-13(14-8-20-22(5)16(14)21-10)17(23)19-9-18(4,24)15-7-11(2)25-12(15)3/h6-8,24H,9H2,1-5H3,(H,19,23). The molecule has 0 bridgehead atoms. The normalized spacial score (nSPS) is 13.8. The average Bonchev–Trinajstić information content (AvgIpc) is 3.07. The van der Waals surface area contributed by atoms with E-state index in [1.54, 1.807) is 43.9 Å². The molecule has 1 amide bonds. The molecule has 0 radical (unpaired) electrons. The van der Waals surface area contributed by atoms with Crippen LogP contribution in [-0.4, -0.2) is 32.3 Å². The van der Waals surface area contributed by atoms with E-state index in [1.165, 1.54) is 0 Å². The van der Waals surface area contributed by atoms with Crippen LogP contribution >= 0.6 is 0 Å². The van der Waals surface area contributed by atoms with E-state index in [9.17, 15) is 9.90 Å². The van der Waals surface area contributed by atoms with Gasteiger partial charge in [-0.05, 0) is 39.8 Å². The van der Waals surface area contributed by atoms with Crippen LogP contribution in [0.25, 0.3) is 11.0 Å². The molecule has 3 heterocycles. The lowest BCUT2D eigenvalue weighted by Gasteiger charge is -2.23. The third kappa shape index (κ3) is 3.15. The molecule has 7 nitrogen and oxygen atoms in total. The Hall–Kier alpha value is -2.67. The number of aryl methyl sites for hydroxylation is 4. The summed E-state index contributed by atoms with van der Waals surface area (Å²) in [7, 11) is 1.78. The van der Waals surface area contributed by atoms with Crippen LogP contribution in [0.4, 0.5) is 0 Å². The lowest BCUT2D eigenvalue weighted by atomic mass is 9.96. The van der Waals surface area contributed by atoms with Crippen molar-refractivity contribution in [3.05, 3.63) is 46.7 Å². The number of rotatable bonds is 4. The molecular formula is C18H22N4O3. The summed E-state index contributed by atoms with van der Waals surface area (Å²) in [5.74, 6) is 1.09. The number of nitrogens with one attached hydrogen (secondary N) is 1. The van der Waals surface area contributed by atoms with Gasteiger partial charge in [-0.3, -0.25) is 9.48 Å². The first-order valence-corrected chi connectivity index (χ1v) is 8.06. The molecule has 3 aromatic rings. The van der Waals surface area contributed by atoms with Gasteiger partial charge in [-0.2, -0.15) is 5.10 Å². The fourth-order valence-corrected chi connectivity index (χ4v) is 3.04. The number of fused-ring (bicyclic) bond motifs is 1. The Kier molecular flexibility index (Phi) is 4.12. The predicted molar refractivity (Wildman–Crippen MR) is 93.3 cm³/mol. The maximum absolute atomic E-state index is 12.7. The minimum atomic E-state index is -1.23. The van der Waals surface area contributed by atoms with Gasteiger partial charge >= 0.3 is 0 Å². The molecule has 1 unspecified atom stereocenters. The first-order valence-electron chi connectivity index (χ1n) is 8.06. The van der Waals surface area contributed by atoms with E-state index in [0.717, 1.165) is 11.5 Å². The van der Waals surface area contributed by atoms with Crippen molar-refractivity contribution in [3.63, 3.8) is 0 Å². The Balaban J connectivity index is 1.85. The van der Waals surface area contributed by atoms with E-state index in [-0.39, 0.29) is 12.5 Å². The number of aliphatic hydroxyl groups is 1. The van der Waals surface area contributed by atoms with E-state index in [4.69, 9.17) is 4.42 Å². The summed E-state index contributed by atoms with van der Waals surface area (Å²) in [6, 6.07) is 3.51. The summed E-state index contributed by atoms with van der Waals surface area (Å²) in [6.45, 7) is 7.17. The molecule has 2 N–H and O–H groups in total. The van der Waals surface area contributed by atoms with Crippen molar-refractivity contribution in [2.45, 2.75) is 33.3 Å². The molecule has 3 rings (SSSR count). The number of amides is 1. The number of furan rings is 1. The van der Waals surface area contributed by atoms with Crippen molar-refractivity contribution in [2.24, 2.45) is 7.05 Å². The van der Waals surface area contributed by atoms with Crippen LogP contribution in [0.5, 0.6) is 0 Å². The van der Waals surface area contributed by atoms with E-state index >= 15 is 0 Å². The number of carbonyl (C=O) groups is 1. The van der Waals surface area contributed by atoms with Crippen LogP contribution in [0.1, 0.15) is 40.1 Å². The topological polar surface area (TPSA) is 93.2 Å². The maximum atomic E-state index is 12.7. The summed E-state index contributed by atoms with van der Waals surface area (Å²) in [4.78, 5) is 17.1. The summed E-state index contributed by atoms with van der Waals surface area (Å²) in [5.41, 5.74) is 1.31. The molecule has 7 heteroatoms. The summed E-state index contributed by atoms with van der Waals surface area (Å²) < 4.78 is 7.11. The fraction of sp³-hybridized carbons (Fsp3) is 0.389. The number of hydrogen-bond donors (Lipinski definition) is 2. The van der Waals surface area contributed by atoms with Crippen molar-refractivity contribution < 1.29 is 14.3 Å². The maximum Gasteiger partial charge on any atom is 0.252 e. The Morgan fingerprint density at radius 3 is 2.72 bits per heavy atom. The molecule has 1 atom stereocenters. The zero-order chi connectivity index (χ0) is 18.4. The van der Waals surface area contributed by atoms with Gasteiger partial charge in [0.1, 0.15) is 17.1 Å². The zero-order valence-corrected chi connectivity index (χ0v) is 15.0. The lowest BCUT2D eigenvalue weighted by molar-refractivity contribution is 0.0514. The second-order valence-electron chi connectivity index (χ2n) is 6.60. The predicted octanol–water partition coefficient (Wildman–Crippen LogP) is 2.12. The molecule has 0 aromatic carbocycles. The highest BCUT2D eigenvalue weighted by Crippen LogP contribution is 2.26. The molecule has 0 saturated carbocycles. The second kappa shape index (κ2) is 6.00. The Bertz CT molecular complexity index is 953. The number of pyridine rings is 1. The monoisotopic (exact) mass is 342 g/mol. The number of aromatic nitrogens is 3. The molecule has 0 spiro atoms. The molecular weight excluding hydrogens is 320 g/mol. The largest absolute Gasteiger partial charge is 0.466 e. The third-order valence-corrected chi connectivity index (χ3v) is 4.29.